The van der Waals surface area contributed by atoms with E-state index in [1.54, 1.807) is 44.5 Å². The van der Waals surface area contributed by atoms with E-state index in [1.807, 2.05) is 0 Å². The summed E-state index contributed by atoms with van der Waals surface area (Å²) < 4.78 is 0. The summed E-state index contributed by atoms with van der Waals surface area (Å²) in [4.78, 5) is 0. The Morgan fingerprint density at radius 3 is 0.737 bits per heavy atom. The zero-order chi connectivity index (χ0) is 28.6. The SMILES string of the molecule is CC(C)Cc1ccc(CC(C)C)c(CC(C)C)c1CCc1c(CC(C)C)ccc(CC(C)C)c1CC(C)C. The zero-order valence-corrected chi connectivity index (χ0v) is 27.4. The topological polar surface area (TPSA) is 0 Å². The maximum Gasteiger partial charge on any atom is -0.0232 e. The van der Waals surface area contributed by atoms with Crippen molar-refractivity contribution in [3.05, 3.63) is 68.8 Å². The molecule has 38 heavy (non-hydrogen) atoms. The standard InChI is InChI=1S/C38H62/c1-25(2)19-31-13-15-33(21-27(5)6)37(23-29(9)10)35(31)17-18-36-32(20-26(3)4)14-16-34(22-28(7)8)38(36)24-30(11)12/h13-16,25-30H,17-24H2,1-12H3. The van der Waals surface area contributed by atoms with Crippen LogP contribution in [0.1, 0.15) is 128 Å². The number of hydrogen-bond acceptors (Lipinski definition) is 0. The lowest BCUT2D eigenvalue weighted by molar-refractivity contribution is 0.598. The van der Waals surface area contributed by atoms with Gasteiger partial charge in [-0.05, 0) is 131 Å². The first kappa shape index (κ1) is 32.7. The van der Waals surface area contributed by atoms with Crippen LogP contribution < -0.4 is 0 Å². The van der Waals surface area contributed by atoms with Crippen LogP contribution in [-0.2, 0) is 51.4 Å². The van der Waals surface area contributed by atoms with Gasteiger partial charge in [-0.15, -0.1) is 0 Å². The normalized spacial score (nSPS) is 12.4. The van der Waals surface area contributed by atoms with E-state index in [0.29, 0.717) is 35.5 Å². The molecule has 0 nitrogen and oxygen atoms in total. The van der Waals surface area contributed by atoms with Crippen LogP contribution in [0.2, 0.25) is 0 Å². The molecule has 0 unspecified atom stereocenters. The summed E-state index contributed by atoms with van der Waals surface area (Å²) in [5.74, 6) is 4.09. The van der Waals surface area contributed by atoms with E-state index >= 15 is 0 Å². The summed E-state index contributed by atoms with van der Waals surface area (Å²) >= 11 is 0. The van der Waals surface area contributed by atoms with Crippen LogP contribution in [0.15, 0.2) is 24.3 Å². The molecule has 0 heteroatoms. The van der Waals surface area contributed by atoms with Crippen molar-refractivity contribution in [3.63, 3.8) is 0 Å². The molecule has 214 valence electrons. The van der Waals surface area contributed by atoms with Crippen LogP contribution in [0.4, 0.5) is 0 Å². The molecule has 0 saturated heterocycles. The Bertz CT molecular complexity index is 902. The van der Waals surface area contributed by atoms with Crippen molar-refractivity contribution in [2.75, 3.05) is 0 Å². The molecule has 0 aliphatic heterocycles. The monoisotopic (exact) mass is 518 g/mol. The molecule has 2 aromatic carbocycles. The summed E-state index contributed by atoms with van der Waals surface area (Å²) in [6.07, 6.45) is 9.52. The maximum absolute atomic E-state index is 2.50. The van der Waals surface area contributed by atoms with Crippen molar-refractivity contribution in [1.29, 1.82) is 0 Å². The highest BCUT2D eigenvalue weighted by atomic mass is 14.3. The Balaban J connectivity index is 2.69. The van der Waals surface area contributed by atoms with Gasteiger partial charge in [0, 0.05) is 0 Å². The fourth-order valence-corrected chi connectivity index (χ4v) is 6.30. The van der Waals surface area contributed by atoms with Crippen molar-refractivity contribution in [1.82, 2.24) is 0 Å². The summed E-state index contributed by atoms with van der Waals surface area (Å²) in [5, 5.41) is 0. The molecule has 0 spiro atoms. The summed E-state index contributed by atoms with van der Waals surface area (Å²) in [7, 11) is 0. The average molecular weight is 519 g/mol. The first-order valence-electron chi connectivity index (χ1n) is 16.0. The summed E-state index contributed by atoms with van der Waals surface area (Å²) in [6, 6.07) is 9.96. The van der Waals surface area contributed by atoms with Crippen LogP contribution in [-0.4, -0.2) is 0 Å². The fraction of sp³-hybridized carbons (Fsp3) is 0.684. The first-order valence-corrected chi connectivity index (χ1v) is 16.0. The smallest absolute Gasteiger partial charge is 0.0232 e. The van der Waals surface area contributed by atoms with Crippen LogP contribution >= 0.6 is 0 Å². The van der Waals surface area contributed by atoms with Gasteiger partial charge in [-0.1, -0.05) is 107 Å². The number of rotatable bonds is 15. The molecule has 0 heterocycles. The maximum atomic E-state index is 2.50. The van der Waals surface area contributed by atoms with E-state index in [9.17, 15) is 0 Å². The summed E-state index contributed by atoms with van der Waals surface area (Å²) in [5.41, 5.74) is 13.2. The molecule has 2 rings (SSSR count). The Morgan fingerprint density at radius 2 is 0.526 bits per heavy atom. The van der Waals surface area contributed by atoms with Crippen molar-refractivity contribution >= 4 is 0 Å². The Kier molecular flexibility index (Phi) is 13.1. The number of hydrogen-bond donors (Lipinski definition) is 0. The quantitative estimate of drug-likeness (QED) is 0.220. The largest absolute Gasteiger partial charge is 0.0625 e. The van der Waals surface area contributed by atoms with Crippen LogP contribution in [0, 0.1) is 35.5 Å². The molecule has 0 aliphatic carbocycles. The van der Waals surface area contributed by atoms with Crippen molar-refractivity contribution in [2.45, 2.75) is 134 Å². The molecular weight excluding hydrogens is 456 g/mol. The van der Waals surface area contributed by atoms with E-state index in [-0.39, 0.29) is 0 Å². The highest BCUT2D eigenvalue weighted by molar-refractivity contribution is 5.46. The second-order valence-electron chi connectivity index (χ2n) is 14.8. The van der Waals surface area contributed by atoms with E-state index < -0.39 is 0 Å². The third kappa shape index (κ3) is 10.2. The van der Waals surface area contributed by atoms with Crippen LogP contribution in [0.5, 0.6) is 0 Å². The molecule has 0 radical (unpaired) electrons. The van der Waals surface area contributed by atoms with Crippen molar-refractivity contribution in [3.8, 4) is 0 Å². The van der Waals surface area contributed by atoms with E-state index in [1.165, 1.54) is 51.4 Å². The molecule has 0 aliphatic rings. The van der Waals surface area contributed by atoms with Gasteiger partial charge in [-0.2, -0.15) is 0 Å². The van der Waals surface area contributed by atoms with Gasteiger partial charge in [0.15, 0.2) is 0 Å². The van der Waals surface area contributed by atoms with Crippen LogP contribution in [0.25, 0.3) is 0 Å². The van der Waals surface area contributed by atoms with Crippen LogP contribution in [0.3, 0.4) is 0 Å². The molecule has 0 N–H and O–H groups in total. The molecule has 0 amide bonds. The second kappa shape index (κ2) is 15.3. The minimum atomic E-state index is 0.677. The Morgan fingerprint density at radius 1 is 0.316 bits per heavy atom. The van der Waals surface area contributed by atoms with Gasteiger partial charge in [0.2, 0.25) is 0 Å². The second-order valence-corrected chi connectivity index (χ2v) is 14.8. The van der Waals surface area contributed by atoms with Gasteiger partial charge in [0.25, 0.3) is 0 Å². The van der Waals surface area contributed by atoms with E-state index in [2.05, 4.69) is 107 Å². The molecule has 0 aromatic heterocycles. The van der Waals surface area contributed by atoms with Gasteiger partial charge < -0.3 is 0 Å². The van der Waals surface area contributed by atoms with Crippen molar-refractivity contribution < 1.29 is 0 Å². The van der Waals surface area contributed by atoms with Gasteiger partial charge in [0.1, 0.15) is 0 Å². The zero-order valence-electron chi connectivity index (χ0n) is 27.4. The lowest BCUT2D eigenvalue weighted by Crippen LogP contribution is -2.14. The van der Waals surface area contributed by atoms with Gasteiger partial charge in [-0.3, -0.25) is 0 Å². The van der Waals surface area contributed by atoms with Gasteiger partial charge >= 0.3 is 0 Å². The average Bonchev–Trinajstić information content (AvgIpc) is 2.76. The Hall–Kier alpha value is -1.56. The van der Waals surface area contributed by atoms with Gasteiger partial charge in [-0.25, -0.2) is 0 Å². The highest BCUT2D eigenvalue weighted by Gasteiger charge is 2.20. The first-order chi connectivity index (χ1) is 17.8. The molecule has 0 bridgehead atoms. The number of benzene rings is 2. The summed E-state index contributed by atoms with van der Waals surface area (Å²) in [6.45, 7) is 28.6. The predicted molar refractivity (Wildman–Crippen MR) is 172 cm³/mol. The van der Waals surface area contributed by atoms with E-state index in [4.69, 9.17) is 0 Å². The highest BCUT2D eigenvalue weighted by Crippen LogP contribution is 2.32. The Labute approximate surface area is 238 Å². The lowest BCUT2D eigenvalue weighted by Gasteiger charge is -2.25. The molecule has 2 aromatic rings. The minimum Gasteiger partial charge on any atom is -0.0625 e. The third-order valence-corrected chi connectivity index (χ3v) is 7.61. The lowest BCUT2D eigenvalue weighted by atomic mass is 9.80. The van der Waals surface area contributed by atoms with E-state index in [0.717, 1.165) is 0 Å². The minimum absolute atomic E-state index is 0.677. The van der Waals surface area contributed by atoms with Gasteiger partial charge in [0.05, 0.1) is 0 Å². The predicted octanol–water partition coefficient (Wildman–Crippen LogP) is 10.7. The fourth-order valence-electron chi connectivity index (χ4n) is 6.30. The molecule has 0 fully saturated rings. The molecule has 0 saturated carbocycles. The van der Waals surface area contributed by atoms with Crippen molar-refractivity contribution in [2.24, 2.45) is 35.5 Å². The molecular formula is C38H62. The molecule has 0 atom stereocenters. The third-order valence-electron chi connectivity index (χ3n) is 7.61.